The minimum absolute atomic E-state index is 0.0121. The summed E-state index contributed by atoms with van der Waals surface area (Å²) < 4.78 is 1.77. The molecule has 7 heteroatoms. The van der Waals surface area contributed by atoms with E-state index in [4.69, 9.17) is 0 Å². The molecule has 0 saturated carbocycles. The predicted molar refractivity (Wildman–Crippen MR) is 90.6 cm³/mol. The van der Waals surface area contributed by atoms with E-state index in [0.29, 0.717) is 34.5 Å². The lowest BCUT2D eigenvalue weighted by Crippen LogP contribution is -2.14. The molecule has 1 N–H and O–H groups in total. The Morgan fingerprint density at radius 1 is 1.26 bits per heavy atom. The Bertz CT molecular complexity index is 680. The van der Waals surface area contributed by atoms with Crippen LogP contribution in [0.4, 0.5) is 5.69 Å². The first-order chi connectivity index (χ1) is 11.0. The second-order valence-corrected chi connectivity index (χ2v) is 6.60. The molecule has 0 saturated heterocycles. The Morgan fingerprint density at radius 2 is 1.96 bits per heavy atom. The summed E-state index contributed by atoms with van der Waals surface area (Å²) in [6.45, 7) is 3.99. The zero-order valence-corrected chi connectivity index (χ0v) is 14.3. The predicted octanol–water partition coefficient (Wildman–Crippen LogP) is 2.77. The second kappa shape index (κ2) is 7.92. The molecule has 0 radical (unpaired) electrons. The SMILES string of the molecule is CC(C)CC(=O)Nc1ccc(C(=O)CSc2nncn2C)cc1. The molecule has 1 aromatic carbocycles. The Hall–Kier alpha value is -2.15. The zero-order valence-electron chi connectivity index (χ0n) is 13.4. The van der Waals surface area contributed by atoms with Crippen LogP contribution in [0.15, 0.2) is 35.7 Å². The van der Waals surface area contributed by atoms with Crippen LogP contribution in [-0.2, 0) is 11.8 Å². The number of anilines is 1. The van der Waals surface area contributed by atoms with E-state index in [1.165, 1.54) is 11.8 Å². The number of Topliss-reactive ketones (excluding diaryl/α,β-unsaturated/α-hetero) is 1. The van der Waals surface area contributed by atoms with Gasteiger partial charge >= 0.3 is 0 Å². The largest absolute Gasteiger partial charge is 0.326 e. The average Bonchev–Trinajstić information content (AvgIpc) is 2.90. The summed E-state index contributed by atoms with van der Waals surface area (Å²) in [6, 6.07) is 6.95. The number of benzene rings is 1. The molecule has 1 amide bonds. The first-order valence-electron chi connectivity index (χ1n) is 7.35. The maximum Gasteiger partial charge on any atom is 0.224 e. The van der Waals surface area contributed by atoms with Gasteiger partial charge < -0.3 is 9.88 Å². The lowest BCUT2D eigenvalue weighted by atomic mass is 10.1. The van der Waals surface area contributed by atoms with Gasteiger partial charge in [0.1, 0.15) is 6.33 Å². The molecule has 0 aliphatic carbocycles. The summed E-state index contributed by atoms with van der Waals surface area (Å²) in [4.78, 5) is 23.9. The third-order valence-electron chi connectivity index (χ3n) is 3.09. The summed E-state index contributed by atoms with van der Waals surface area (Å²) in [6.07, 6.45) is 2.08. The monoisotopic (exact) mass is 332 g/mol. The first kappa shape index (κ1) is 17.2. The minimum Gasteiger partial charge on any atom is -0.326 e. The second-order valence-electron chi connectivity index (χ2n) is 5.66. The number of carbonyl (C=O) groups excluding carboxylic acids is 2. The van der Waals surface area contributed by atoms with Crippen molar-refractivity contribution in [3.8, 4) is 0 Å². The third kappa shape index (κ3) is 5.21. The molecule has 1 heterocycles. The van der Waals surface area contributed by atoms with Crippen molar-refractivity contribution in [2.24, 2.45) is 13.0 Å². The number of aryl methyl sites for hydroxylation is 1. The van der Waals surface area contributed by atoms with Gasteiger partial charge in [0.2, 0.25) is 5.91 Å². The van der Waals surface area contributed by atoms with Crippen LogP contribution in [0.3, 0.4) is 0 Å². The maximum atomic E-state index is 12.2. The number of hydrogen-bond donors (Lipinski definition) is 1. The van der Waals surface area contributed by atoms with E-state index < -0.39 is 0 Å². The topological polar surface area (TPSA) is 76.9 Å². The highest BCUT2D eigenvalue weighted by molar-refractivity contribution is 7.99. The molecule has 2 aromatic rings. The fourth-order valence-electron chi connectivity index (χ4n) is 1.94. The van der Waals surface area contributed by atoms with Crippen molar-refractivity contribution in [2.75, 3.05) is 11.1 Å². The number of nitrogens with zero attached hydrogens (tertiary/aromatic N) is 3. The zero-order chi connectivity index (χ0) is 16.8. The van der Waals surface area contributed by atoms with Crippen LogP contribution in [0.2, 0.25) is 0 Å². The summed E-state index contributed by atoms with van der Waals surface area (Å²) in [5.74, 6) is 0.606. The fraction of sp³-hybridized carbons (Fsp3) is 0.375. The normalized spacial score (nSPS) is 10.8. The molecule has 0 atom stereocenters. The quantitative estimate of drug-likeness (QED) is 0.623. The first-order valence-corrected chi connectivity index (χ1v) is 8.34. The molecule has 2 rings (SSSR count). The van der Waals surface area contributed by atoms with E-state index in [0.717, 1.165) is 0 Å². The number of rotatable bonds is 7. The van der Waals surface area contributed by atoms with E-state index in [-0.39, 0.29) is 11.7 Å². The van der Waals surface area contributed by atoms with Crippen LogP contribution in [0, 0.1) is 5.92 Å². The standard InChI is InChI=1S/C16H20N4O2S/c1-11(2)8-15(22)18-13-6-4-12(5-7-13)14(21)9-23-16-19-17-10-20(16)3/h4-7,10-11H,8-9H2,1-3H3,(H,18,22). The number of thioether (sulfide) groups is 1. The molecule has 122 valence electrons. The number of amides is 1. The van der Waals surface area contributed by atoms with Gasteiger partial charge in [0, 0.05) is 24.7 Å². The van der Waals surface area contributed by atoms with Crippen molar-refractivity contribution in [3.63, 3.8) is 0 Å². The number of ketones is 1. The molecular formula is C16H20N4O2S. The van der Waals surface area contributed by atoms with E-state index in [9.17, 15) is 9.59 Å². The highest BCUT2D eigenvalue weighted by Gasteiger charge is 2.10. The van der Waals surface area contributed by atoms with Crippen molar-refractivity contribution in [3.05, 3.63) is 36.2 Å². The van der Waals surface area contributed by atoms with Gasteiger partial charge in [0.15, 0.2) is 10.9 Å². The molecule has 0 spiro atoms. The van der Waals surface area contributed by atoms with E-state index >= 15 is 0 Å². The number of hydrogen-bond acceptors (Lipinski definition) is 5. The van der Waals surface area contributed by atoms with Crippen LogP contribution >= 0.6 is 11.8 Å². The summed E-state index contributed by atoms with van der Waals surface area (Å²) in [7, 11) is 1.83. The van der Waals surface area contributed by atoms with Crippen LogP contribution < -0.4 is 5.32 Å². The Kier molecular flexibility index (Phi) is 5.92. The van der Waals surface area contributed by atoms with Crippen LogP contribution in [0.25, 0.3) is 0 Å². The van der Waals surface area contributed by atoms with Gasteiger partial charge in [0.25, 0.3) is 0 Å². The van der Waals surface area contributed by atoms with Gasteiger partial charge in [-0.15, -0.1) is 10.2 Å². The molecule has 1 aromatic heterocycles. The summed E-state index contributed by atoms with van der Waals surface area (Å²) >= 11 is 1.35. The van der Waals surface area contributed by atoms with Gasteiger partial charge in [-0.1, -0.05) is 25.6 Å². The smallest absolute Gasteiger partial charge is 0.224 e. The molecule has 6 nitrogen and oxygen atoms in total. The van der Waals surface area contributed by atoms with E-state index in [1.54, 1.807) is 35.2 Å². The van der Waals surface area contributed by atoms with Crippen molar-refractivity contribution in [1.29, 1.82) is 0 Å². The highest BCUT2D eigenvalue weighted by Crippen LogP contribution is 2.17. The fourth-order valence-corrected chi connectivity index (χ4v) is 2.72. The molecule has 0 aliphatic heterocycles. The molecule has 0 aliphatic rings. The molecular weight excluding hydrogens is 312 g/mol. The molecule has 0 fully saturated rings. The van der Waals surface area contributed by atoms with Crippen molar-refractivity contribution < 1.29 is 9.59 Å². The Morgan fingerprint density at radius 3 is 2.52 bits per heavy atom. The summed E-state index contributed by atoms with van der Waals surface area (Å²) in [5, 5.41) is 11.2. The van der Waals surface area contributed by atoms with Gasteiger partial charge in [-0.3, -0.25) is 9.59 Å². The Balaban J connectivity index is 1.89. The van der Waals surface area contributed by atoms with Gasteiger partial charge in [0.05, 0.1) is 5.75 Å². The Labute approximate surface area is 139 Å². The molecule has 0 unspecified atom stereocenters. The van der Waals surface area contributed by atoms with Crippen LogP contribution in [0.5, 0.6) is 0 Å². The number of aromatic nitrogens is 3. The van der Waals surface area contributed by atoms with E-state index in [2.05, 4.69) is 15.5 Å². The maximum absolute atomic E-state index is 12.2. The van der Waals surface area contributed by atoms with Gasteiger partial charge in [-0.2, -0.15) is 0 Å². The van der Waals surface area contributed by atoms with Crippen LogP contribution in [-0.4, -0.2) is 32.2 Å². The minimum atomic E-state index is -0.0167. The van der Waals surface area contributed by atoms with Crippen molar-refractivity contribution in [2.45, 2.75) is 25.4 Å². The lowest BCUT2D eigenvalue weighted by molar-refractivity contribution is -0.116. The van der Waals surface area contributed by atoms with Crippen molar-refractivity contribution in [1.82, 2.24) is 14.8 Å². The van der Waals surface area contributed by atoms with E-state index in [1.807, 2.05) is 20.9 Å². The van der Waals surface area contributed by atoms with Gasteiger partial charge in [-0.05, 0) is 30.2 Å². The summed E-state index contributed by atoms with van der Waals surface area (Å²) in [5.41, 5.74) is 1.31. The molecule has 0 bridgehead atoms. The third-order valence-corrected chi connectivity index (χ3v) is 4.12. The number of nitrogens with one attached hydrogen (secondary N) is 1. The van der Waals surface area contributed by atoms with Crippen molar-refractivity contribution >= 4 is 29.1 Å². The lowest BCUT2D eigenvalue weighted by Gasteiger charge is -2.08. The molecule has 23 heavy (non-hydrogen) atoms. The average molecular weight is 332 g/mol. The number of carbonyl (C=O) groups is 2. The van der Waals surface area contributed by atoms with Crippen LogP contribution in [0.1, 0.15) is 30.6 Å². The highest BCUT2D eigenvalue weighted by atomic mass is 32.2. The van der Waals surface area contributed by atoms with Gasteiger partial charge in [-0.25, -0.2) is 0 Å².